The number of carbonyl (C=O) groups is 2. The lowest BCUT2D eigenvalue weighted by Gasteiger charge is -2.27. The molecule has 0 unspecified atom stereocenters. The molecule has 1 aliphatic rings. The summed E-state index contributed by atoms with van der Waals surface area (Å²) in [6.07, 6.45) is -4.28. The number of halogens is 3. The average molecular weight is 515 g/mol. The van der Waals surface area contributed by atoms with Gasteiger partial charge in [-0.2, -0.15) is 13.2 Å². The molecule has 8 nitrogen and oxygen atoms in total. The summed E-state index contributed by atoms with van der Waals surface area (Å²) in [5.74, 6) is -1.75. The van der Waals surface area contributed by atoms with Crippen LogP contribution in [-0.2, 0) is 22.3 Å². The van der Waals surface area contributed by atoms with Gasteiger partial charge in [-0.3, -0.25) is 9.59 Å². The molecule has 37 heavy (non-hydrogen) atoms. The van der Waals surface area contributed by atoms with Gasteiger partial charge in [0, 0.05) is 36.9 Å². The Morgan fingerprint density at radius 3 is 2.27 bits per heavy atom. The van der Waals surface area contributed by atoms with E-state index in [2.05, 4.69) is 16.0 Å². The Hall–Kier alpha value is -4.25. The van der Waals surface area contributed by atoms with Crippen LogP contribution in [0.2, 0.25) is 0 Å². The summed E-state index contributed by atoms with van der Waals surface area (Å²) in [4.78, 5) is 25.8. The first-order valence-corrected chi connectivity index (χ1v) is 11.3. The molecule has 1 aliphatic heterocycles. The van der Waals surface area contributed by atoms with Crippen LogP contribution >= 0.6 is 0 Å². The first-order valence-electron chi connectivity index (χ1n) is 11.3. The Balaban J connectivity index is 1.40. The number of phenolic OH excluding ortho intramolecular Hbond substituents is 2. The van der Waals surface area contributed by atoms with Crippen LogP contribution in [0.15, 0.2) is 66.7 Å². The number of rotatable bonds is 7. The highest BCUT2D eigenvalue weighted by molar-refractivity contribution is 6.00. The molecule has 1 atom stereocenters. The number of hydrogen-bond acceptors (Lipinski definition) is 6. The van der Waals surface area contributed by atoms with Gasteiger partial charge in [-0.25, -0.2) is 0 Å². The molecule has 0 saturated carbocycles. The summed E-state index contributed by atoms with van der Waals surface area (Å²) in [5, 5.41) is 27.5. The first kappa shape index (κ1) is 25.8. The number of aromatic hydroxyl groups is 2. The van der Waals surface area contributed by atoms with Crippen LogP contribution in [0.25, 0.3) is 0 Å². The Morgan fingerprint density at radius 2 is 1.65 bits per heavy atom. The summed E-state index contributed by atoms with van der Waals surface area (Å²) < 4.78 is 45.0. The lowest BCUT2D eigenvalue weighted by atomic mass is 9.96. The normalized spacial score (nSPS) is 17.3. The monoisotopic (exact) mass is 515 g/mol. The standard InChI is InChI=1S/C26H24F3N3O5/c27-26(28,29)21-3-1-2-4-22(21)31-18-7-5-16(6-8-18)14-30-24(36)25(9-10-37-15-25)32-23(35)17-11-19(33)13-20(34)12-17/h1-8,11-13,31,33-34H,9-10,14-15H2,(H,30,36)(H,32,35)/t25-/m0/s1. The van der Waals surface area contributed by atoms with Crippen molar-refractivity contribution in [1.29, 1.82) is 0 Å². The molecular formula is C26H24F3N3O5. The van der Waals surface area contributed by atoms with Gasteiger partial charge in [0.15, 0.2) is 0 Å². The average Bonchev–Trinajstić information content (AvgIpc) is 3.32. The molecule has 2 amide bonds. The highest BCUT2D eigenvalue weighted by Crippen LogP contribution is 2.35. The van der Waals surface area contributed by atoms with Gasteiger partial charge in [0.25, 0.3) is 5.91 Å². The van der Waals surface area contributed by atoms with E-state index in [1.165, 1.54) is 30.3 Å². The minimum atomic E-state index is -4.50. The molecule has 1 heterocycles. The second-order valence-corrected chi connectivity index (χ2v) is 8.62. The minimum Gasteiger partial charge on any atom is -0.508 e. The molecule has 4 rings (SSSR count). The summed E-state index contributed by atoms with van der Waals surface area (Å²) >= 11 is 0. The Morgan fingerprint density at radius 1 is 0.973 bits per heavy atom. The van der Waals surface area contributed by atoms with Gasteiger partial charge in [0.2, 0.25) is 5.91 Å². The number of benzene rings is 3. The van der Waals surface area contributed by atoms with Crippen LogP contribution in [0, 0.1) is 0 Å². The maximum Gasteiger partial charge on any atom is 0.418 e. The zero-order valence-electron chi connectivity index (χ0n) is 19.4. The Labute approximate surface area is 210 Å². The lowest BCUT2D eigenvalue weighted by Crippen LogP contribution is -2.59. The van der Waals surface area contributed by atoms with Crippen LogP contribution in [0.1, 0.15) is 27.9 Å². The zero-order valence-corrected chi connectivity index (χ0v) is 19.4. The van der Waals surface area contributed by atoms with E-state index in [1.807, 2.05) is 0 Å². The van der Waals surface area contributed by atoms with Gasteiger partial charge in [-0.05, 0) is 42.0 Å². The molecule has 5 N–H and O–H groups in total. The molecule has 0 radical (unpaired) electrons. The van der Waals surface area contributed by atoms with Crippen LogP contribution in [0.5, 0.6) is 11.5 Å². The van der Waals surface area contributed by atoms with Gasteiger partial charge < -0.3 is 30.9 Å². The van der Waals surface area contributed by atoms with Gasteiger partial charge in [0.05, 0.1) is 17.9 Å². The number of hydrogen-bond donors (Lipinski definition) is 5. The van der Waals surface area contributed by atoms with E-state index >= 15 is 0 Å². The number of anilines is 2. The van der Waals surface area contributed by atoms with Crippen molar-refractivity contribution in [2.75, 3.05) is 18.5 Å². The summed E-state index contributed by atoms with van der Waals surface area (Å²) in [6, 6.07) is 15.1. The molecule has 1 fully saturated rings. The molecule has 0 aliphatic carbocycles. The molecule has 1 saturated heterocycles. The Bertz CT molecular complexity index is 1270. The summed E-state index contributed by atoms with van der Waals surface area (Å²) in [7, 11) is 0. The van der Waals surface area contributed by atoms with Gasteiger partial charge in [0.1, 0.15) is 17.0 Å². The third-order valence-corrected chi connectivity index (χ3v) is 5.89. The van der Waals surface area contributed by atoms with E-state index in [-0.39, 0.29) is 48.9 Å². The van der Waals surface area contributed by atoms with Crippen LogP contribution in [0.4, 0.5) is 24.5 Å². The minimum absolute atomic E-state index is 0.0215. The Kier molecular flexibility index (Phi) is 7.25. The molecule has 3 aromatic carbocycles. The number of nitrogens with one attached hydrogen (secondary N) is 3. The zero-order chi connectivity index (χ0) is 26.6. The van der Waals surface area contributed by atoms with Crippen molar-refractivity contribution < 1.29 is 37.7 Å². The fourth-order valence-corrected chi connectivity index (χ4v) is 3.97. The predicted molar refractivity (Wildman–Crippen MR) is 128 cm³/mol. The summed E-state index contributed by atoms with van der Waals surface area (Å²) in [6.45, 7) is 0.290. The topological polar surface area (TPSA) is 120 Å². The second kappa shape index (κ2) is 10.4. The second-order valence-electron chi connectivity index (χ2n) is 8.62. The quantitative estimate of drug-likeness (QED) is 0.324. The van der Waals surface area contributed by atoms with Crippen LogP contribution < -0.4 is 16.0 Å². The molecule has 194 valence electrons. The molecule has 11 heteroatoms. The van der Waals surface area contributed by atoms with Crippen molar-refractivity contribution in [1.82, 2.24) is 10.6 Å². The molecule has 0 aromatic heterocycles. The van der Waals surface area contributed by atoms with Crippen molar-refractivity contribution in [2.24, 2.45) is 0 Å². The van der Waals surface area contributed by atoms with Crippen molar-refractivity contribution in [3.05, 3.63) is 83.4 Å². The van der Waals surface area contributed by atoms with E-state index in [9.17, 15) is 33.0 Å². The highest BCUT2D eigenvalue weighted by atomic mass is 19.4. The fraction of sp³-hybridized carbons (Fsp3) is 0.231. The van der Waals surface area contributed by atoms with Gasteiger partial charge in [-0.15, -0.1) is 0 Å². The molecule has 0 spiro atoms. The highest BCUT2D eigenvalue weighted by Gasteiger charge is 2.43. The maximum absolute atomic E-state index is 13.2. The number of amides is 2. The van der Waals surface area contributed by atoms with E-state index in [1.54, 1.807) is 24.3 Å². The summed E-state index contributed by atoms with van der Waals surface area (Å²) in [5.41, 5.74) is -1.10. The van der Waals surface area contributed by atoms with Crippen LogP contribution in [0.3, 0.4) is 0 Å². The van der Waals surface area contributed by atoms with Crippen molar-refractivity contribution >= 4 is 23.2 Å². The smallest absolute Gasteiger partial charge is 0.418 e. The number of ether oxygens (including phenoxy) is 1. The van der Waals surface area contributed by atoms with Crippen molar-refractivity contribution in [3.8, 4) is 11.5 Å². The van der Waals surface area contributed by atoms with Gasteiger partial charge >= 0.3 is 6.18 Å². The van der Waals surface area contributed by atoms with Crippen LogP contribution in [-0.4, -0.2) is 40.8 Å². The van der Waals surface area contributed by atoms with E-state index in [0.29, 0.717) is 11.3 Å². The number of para-hydroxylation sites is 1. The third-order valence-electron chi connectivity index (χ3n) is 5.89. The third kappa shape index (κ3) is 6.12. The van der Waals surface area contributed by atoms with Gasteiger partial charge in [-0.1, -0.05) is 24.3 Å². The largest absolute Gasteiger partial charge is 0.508 e. The molecular weight excluding hydrogens is 491 g/mol. The van der Waals surface area contributed by atoms with Crippen molar-refractivity contribution in [3.63, 3.8) is 0 Å². The predicted octanol–water partition coefficient (Wildman–Crippen LogP) is 4.07. The number of carbonyl (C=O) groups excluding carboxylic acids is 2. The molecule has 0 bridgehead atoms. The molecule has 3 aromatic rings. The lowest BCUT2D eigenvalue weighted by molar-refractivity contribution is -0.137. The number of phenols is 2. The maximum atomic E-state index is 13.2. The fourth-order valence-electron chi connectivity index (χ4n) is 3.97. The van der Waals surface area contributed by atoms with E-state index in [0.717, 1.165) is 12.1 Å². The number of alkyl halides is 3. The van der Waals surface area contributed by atoms with E-state index in [4.69, 9.17) is 4.74 Å². The van der Waals surface area contributed by atoms with Crippen molar-refractivity contribution in [2.45, 2.75) is 24.7 Å². The first-order chi connectivity index (χ1) is 17.6. The SMILES string of the molecule is O=C(N[C@@]1(C(=O)NCc2ccc(Nc3ccccc3C(F)(F)F)cc2)CCOC1)c1cc(O)cc(O)c1. The van der Waals surface area contributed by atoms with E-state index < -0.39 is 29.1 Å².